The molecular formula is C24H27N5O2. The fraction of sp³-hybridized carbons (Fsp3) is 0.292. The minimum atomic E-state index is -0.0412. The smallest absolute Gasteiger partial charge is 0.317 e. The highest BCUT2D eigenvalue weighted by Gasteiger charge is 2.22. The molecule has 31 heavy (non-hydrogen) atoms. The molecule has 1 aliphatic heterocycles. The van der Waals surface area contributed by atoms with Crippen molar-refractivity contribution in [2.75, 3.05) is 11.9 Å². The van der Waals surface area contributed by atoms with Gasteiger partial charge in [0.25, 0.3) is 0 Å². The lowest BCUT2D eigenvalue weighted by Crippen LogP contribution is -2.45. The van der Waals surface area contributed by atoms with Gasteiger partial charge < -0.3 is 20.3 Å². The zero-order valence-electron chi connectivity index (χ0n) is 17.8. The molecule has 2 aromatic carbocycles. The van der Waals surface area contributed by atoms with Gasteiger partial charge in [-0.25, -0.2) is 14.8 Å². The molecule has 4 rings (SSSR count). The van der Waals surface area contributed by atoms with Gasteiger partial charge in [0, 0.05) is 37.3 Å². The molecular weight excluding hydrogens is 390 g/mol. The van der Waals surface area contributed by atoms with E-state index < -0.39 is 0 Å². The molecule has 3 aromatic rings. The lowest BCUT2D eigenvalue weighted by atomic mass is 10.1. The fourth-order valence-corrected chi connectivity index (χ4v) is 3.44. The Balaban J connectivity index is 1.36. The molecule has 0 saturated carbocycles. The average Bonchev–Trinajstić information content (AvgIpc) is 2.78. The van der Waals surface area contributed by atoms with Crippen molar-refractivity contribution in [3.8, 4) is 11.5 Å². The summed E-state index contributed by atoms with van der Waals surface area (Å²) in [5.41, 5.74) is 3.06. The molecule has 7 nitrogen and oxygen atoms in total. The molecule has 0 bridgehead atoms. The van der Waals surface area contributed by atoms with Gasteiger partial charge in [-0.05, 0) is 43.7 Å². The van der Waals surface area contributed by atoms with E-state index >= 15 is 0 Å². The topological polar surface area (TPSA) is 79.4 Å². The second-order valence-corrected chi connectivity index (χ2v) is 7.86. The predicted molar refractivity (Wildman–Crippen MR) is 120 cm³/mol. The number of anilines is 1. The number of hydrogen-bond acceptors (Lipinski definition) is 5. The third-order valence-corrected chi connectivity index (χ3v) is 4.96. The van der Waals surface area contributed by atoms with Crippen LogP contribution in [-0.2, 0) is 19.5 Å². The van der Waals surface area contributed by atoms with Gasteiger partial charge >= 0.3 is 6.03 Å². The van der Waals surface area contributed by atoms with Gasteiger partial charge in [-0.3, -0.25) is 0 Å². The molecule has 2 N–H and O–H groups in total. The maximum absolute atomic E-state index is 12.2. The number of carbonyl (C=O) groups is 1. The van der Waals surface area contributed by atoms with Crippen molar-refractivity contribution < 1.29 is 9.53 Å². The van der Waals surface area contributed by atoms with Crippen LogP contribution in [0.2, 0.25) is 0 Å². The van der Waals surface area contributed by atoms with Gasteiger partial charge in [-0.2, -0.15) is 0 Å². The lowest BCUT2D eigenvalue weighted by Gasteiger charge is -2.29. The SMILES string of the molecule is CC(C)NC(=O)N1CCc2nc(NCc3cccc(Oc4ccccc4)c3)ncc2C1. The molecule has 2 heterocycles. The molecule has 0 unspecified atom stereocenters. The fourth-order valence-electron chi connectivity index (χ4n) is 3.44. The molecule has 2 amide bonds. The largest absolute Gasteiger partial charge is 0.457 e. The quantitative estimate of drug-likeness (QED) is 0.623. The number of nitrogens with one attached hydrogen (secondary N) is 2. The Morgan fingerprint density at radius 2 is 1.94 bits per heavy atom. The normalized spacial score (nSPS) is 12.9. The van der Waals surface area contributed by atoms with E-state index in [-0.39, 0.29) is 12.1 Å². The Kier molecular flexibility index (Phi) is 6.31. The van der Waals surface area contributed by atoms with Gasteiger partial charge in [0.1, 0.15) is 11.5 Å². The summed E-state index contributed by atoms with van der Waals surface area (Å²) in [7, 11) is 0. The summed E-state index contributed by atoms with van der Waals surface area (Å²) in [4.78, 5) is 23.1. The average molecular weight is 418 g/mol. The second-order valence-electron chi connectivity index (χ2n) is 7.86. The first-order valence-corrected chi connectivity index (χ1v) is 10.5. The summed E-state index contributed by atoms with van der Waals surface area (Å²) in [5, 5.41) is 6.23. The van der Waals surface area contributed by atoms with Crippen molar-refractivity contribution in [1.82, 2.24) is 20.2 Å². The molecule has 1 aromatic heterocycles. The van der Waals surface area contributed by atoms with E-state index in [1.165, 1.54) is 0 Å². The number of carbonyl (C=O) groups excluding carboxylic acids is 1. The highest BCUT2D eigenvalue weighted by atomic mass is 16.5. The molecule has 0 radical (unpaired) electrons. The van der Waals surface area contributed by atoms with Crippen LogP contribution >= 0.6 is 0 Å². The van der Waals surface area contributed by atoms with Crippen molar-refractivity contribution in [2.24, 2.45) is 0 Å². The number of hydrogen-bond donors (Lipinski definition) is 2. The van der Waals surface area contributed by atoms with E-state index in [0.29, 0.717) is 25.6 Å². The number of para-hydroxylation sites is 1. The maximum atomic E-state index is 12.2. The standard InChI is InChI=1S/C24H27N5O2/c1-17(2)27-24(30)29-12-11-22-19(16-29)15-26-23(28-22)25-14-18-7-6-10-21(13-18)31-20-8-4-3-5-9-20/h3-10,13,15,17H,11-12,14,16H2,1-2H3,(H,27,30)(H,25,26,28). The molecule has 160 valence electrons. The Morgan fingerprint density at radius 1 is 1.13 bits per heavy atom. The zero-order valence-corrected chi connectivity index (χ0v) is 17.8. The van der Waals surface area contributed by atoms with Crippen LogP contribution in [0.1, 0.15) is 30.7 Å². The van der Waals surface area contributed by atoms with Crippen LogP contribution in [0.3, 0.4) is 0 Å². The van der Waals surface area contributed by atoms with Crippen LogP contribution in [0, 0.1) is 0 Å². The number of benzene rings is 2. The number of nitrogens with zero attached hydrogens (tertiary/aromatic N) is 3. The summed E-state index contributed by atoms with van der Waals surface area (Å²) in [6, 6.07) is 17.7. The second kappa shape index (κ2) is 9.47. The van der Waals surface area contributed by atoms with Crippen LogP contribution in [0.5, 0.6) is 11.5 Å². The first kappa shape index (κ1) is 20.7. The van der Waals surface area contributed by atoms with E-state index in [4.69, 9.17) is 4.74 Å². The predicted octanol–water partition coefficient (Wildman–Crippen LogP) is 4.36. The monoisotopic (exact) mass is 417 g/mol. The van der Waals surface area contributed by atoms with Gasteiger partial charge in [0.15, 0.2) is 0 Å². The number of aromatic nitrogens is 2. The summed E-state index contributed by atoms with van der Waals surface area (Å²) in [5.74, 6) is 2.19. The molecule has 0 spiro atoms. The minimum absolute atomic E-state index is 0.0412. The van der Waals surface area contributed by atoms with E-state index in [2.05, 4.69) is 20.6 Å². The van der Waals surface area contributed by atoms with Crippen molar-refractivity contribution in [3.05, 3.63) is 77.6 Å². The summed E-state index contributed by atoms with van der Waals surface area (Å²) < 4.78 is 5.90. The maximum Gasteiger partial charge on any atom is 0.317 e. The Morgan fingerprint density at radius 3 is 2.74 bits per heavy atom. The van der Waals surface area contributed by atoms with Crippen LogP contribution < -0.4 is 15.4 Å². The Hall–Kier alpha value is -3.61. The Labute approximate surface area is 182 Å². The van der Waals surface area contributed by atoms with Crippen molar-refractivity contribution in [2.45, 2.75) is 39.4 Å². The van der Waals surface area contributed by atoms with Gasteiger partial charge in [0.2, 0.25) is 5.95 Å². The zero-order chi connectivity index (χ0) is 21.6. The minimum Gasteiger partial charge on any atom is -0.457 e. The van der Waals surface area contributed by atoms with E-state index in [1.54, 1.807) is 4.90 Å². The molecule has 0 fully saturated rings. The number of urea groups is 1. The lowest BCUT2D eigenvalue weighted by molar-refractivity contribution is 0.189. The first-order valence-electron chi connectivity index (χ1n) is 10.5. The summed E-state index contributed by atoms with van der Waals surface area (Å²) in [6.07, 6.45) is 2.53. The molecule has 0 saturated heterocycles. The van der Waals surface area contributed by atoms with Crippen LogP contribution in [-0.4, -0.2) is 33.5 Å². The first-order chi connectivity index (χ1) is 15.1. The third kappa shape index (κ3) is 5.51. The van der Waals surface area contributed by atoms with Crippen LogP contribution in [0.25, 0.3) is 0 Å². The van der Waals surface area contributed by atoms with Crippen molar-refractivity contribution in [1.29, 1.82) is 0 Å². The van der Waals surface area contributed by atoms with E-state index in [1.807, 2.05) is 74.6 Å². The van der Waals surface area contributed by atoms with Crippen molar-refractivity contribution >= 4 is 12.0 Å². The van der Waals surface area contributed by atoms with E-state index in [9.17, 15) is 4.79 Å². The molecule has 1 aliphatic rings. The van der Waals surface area contributed by atoms with Gasteiger partial charge in [-0.15, -0.1) is 0 Å². The number of fused-ring (bicyclic) bond motifs is 1. The van der Waals surface area contributed by atoms with Gasteiger partial charge in [-0.1, -0.05) is 30.3 Å². The Bertz CT molecular complexity index is 1040. The number of amides is 2. The molecule has 0 aliphatic carbocycles. The number of rotatable bonds is 6. The number of ether oxygens (including phenoxy) is 1. The summed E-state index contributed by atoms with van der Waals surface area (Å²) in [6.45, 7) is 5.70. The summed E-state index contributed by atoms with van der Waals surface area (Å²) >= 11 is 0. The third-order valence-electron chi connectivity index (χ3n) is 4.96. The molecule has 7 heteroatoms. The van der Waals surface area contributed by atoms with Crippen molar-refractivity contribution in [3.63, 3.8) is 0 Å². The highest BCUT2D eigenvalue weighted by molar-refractivity contribution is 5.74. The highest BCUT2D eigenvalue weighted by Crippen LogP contribution is 2.22. The molecule has 0 atom stereocenters. The van der Waals surface area contributed by atoms with E-state index in [0.717, 1.165) is 34.7 Å². The van der Waals surface area contributed by atoms with Gasteiger partial charge in [0.05, 0.1) is 12.2 Å². The van der Waals surface area contributed by atoms with Crippen LogP contribution in [0.15, 0.2) is 60.8 Å². The van der Waals surface area contributed by atoms with Crippen LogP contribution in [0.4, 0.5) is 10.7 Å².